The predicted molar refractivity (Wildman–Crippen MR) is 89.5 cm³/mol. The molecule has 0 spiro atoms. The Labute approximate surface area is 144 Å². The van der Waals surface area contributed by atoms with Crippen LogP contribution in [0.4, 0.5) is 13.2 Å². The van der Waals surface area contributed by atoms with Crippen LogP contribution >= 0.6 is 0 Å². The number of alkyl halides is 3. The van der Waals surface area contributed by atoms with E-state index in [0.717, 1.165) is 30.5 Å². The van der Waals surface area contributed by atoms with Crippen molar-refractivity contribution in [3.05, 3.63) is 64.7 Å². The van der Waals surface area contributed by atoms with E-state index < -0.39 is 11.7 Å². The van der Waals surface area contributed by atoms with Crippen LogP contribution in [0.15, 0.2) is 42.5 Å². The highest BCUT2D eigenvalue weighted by Gasteiger charge is 2.47. The van der Waals surface area contributed by atoms with Gasteiger partial charge < -0.3 is 5.11 Å². The molecule has 1 heterocycles. The fraction of sp³-hybridized carbons (Fsp3) is 0.400. The molecule has 3 atom stereocenters. The molecular formula is C20H20F3NO. The maximum absolute atomic E-state index is 13.6. The number of hydrogen-bond acceptors (Lipinski definition) is 2. The molecule has 1 fully saturated rings. The van der Waals surface area contributed by atoms with Crippen LogP contribution in [-0.2, 0) is 6.18 Å². The molecule has 0 aromatic heterocycles. The Balaban J connectivity index is 1.91. The molecule has 0 amide bonds. The van der Waals surface area contributed by atoms with E-state index in [-0.39, 0.29) is 23.6 Å². The Hall–Kier alpha value is -2.01. The number of phenols is 1. The van der Waals surface area contributed by atoms with E-state index in [1.165, 1.54) is 12.1 Å². The highest BCUT2D eigenvalue weighted by molar-refractivity contribution is 5.51. The molecule has 25 heavy (non-hydrogen) atoms. The largest absolute Gasteiger partial charge is 0.508 e. The Kier molecular flexibility index (Phi) is 3.80. The third-order valence-electron chi connectivity index (χ3n) is 5.68. The summed E-state index contributed by atoms with van der Waals surface area (Å²) in [6.07, 6.45) is -2.50. The van der Waals surface area contributed by atoms with Crippen LogP contribution in [0.2, 0.25) is 0 Å². The Morgan fingerprint density at radius 2 is 1.80 bits per heavy atom. The minimum Gasteiger partial charge on any atom is -0.508 e. The second-order valence-electron chi connectivity index (χ2n) is 7.11. The van der Waals surface area contributed by atoms with Crippen molar-refractivity contribution in [3.8, 4) is 5.75 Å². The van der Waals surface area contributed by atoms with Gasteiger partial charge in [-0.1, -0.05) is 24.3 Å². The summed E-state index contributed by atoms with van der Waals surface area (Å²) in [5.41, 5.74) is 1.69. The molecular weight excluding hydrogens is 327 g/mol. The normalized spacial score (nSPS) is 26.3. The van der Waals surface area contributed by atoms with Crippen molar-refractivity contribution in [1.29, 1.82) is 0 Å². The first-order chi connectivity index (χ1) is 11.9. The van der Waals surface area contributed by atoms with Crippen molar-refractivity contribution in [3.63, 3.8) is 0 Å². The maximum atomic E-state index is 13.6. The van der Waals surface area contributed by atoms with Gasteiger partial charge in [0, 0.05) is 12.0 Å². The summed E-state index contributed by atoms with van der Waals surface area (Å²) in [4.78, 5) is 2.21. The summed E-state index contributed by atoms with van der Waals surface area (Å²) in [6, 6.07) is 11.1. The van der Waals surface area contributed by atoms with Crippen molar-refractivity contribution in [2.75, 3.05) is 13.6 Å². The summed E-state index contributed by atoms with van der Waals surface area (Å²) in [6.45, 7) is 0.921. The molecule has 5 heteroatoms. The first-order valence-corrected chi connectivity index (χ1v) is 8.57. The first kappa shape index (κ1) is 16.5. The fourth-order valence-electron chi connectivity index (χ4n) is 4.77. The first-order valence-electron chi connectivity index (χ1n) is 8.57. The van der Waals surface area contributed by atoms with E-state index in [4.69, 9.17) is 0 Å². The monoisotopic (exact) mass is 347 g/mol. The zero-order chi connectivity index (χ0) is 17.8. The number of aromatic hydroxyl groups is 1. The lowest BCUT2D eigenvalue weighted by molar-refractivity contribution is -0.138. The van der Waals surface area contributed by atoms with E-state index in [1.807, 2.05) is 7.05 Å². The van der Waals surface area contributed by atoms with Gasteiger partial charge in [0.1, 0.15) is 5.75 Å². The topological polar surface area (TPSA) is 23.5 Å². The van der Waals surface area contributed by atoms with Gasteiger partial charge in [-0.2, -0.15) is 13.2 Å². The number of hydrogen-bond donors (Lipinski definition) is 1. The lowest BCUT2D eigenvalue weighted by Gasteiger charge is -2.38. The van der Waals surface area contributed by atoms with Crippen molar-refractivity contribution in [2.24, 2.45) is 5.92 Å². The average molecular weight is 347 g/mol. The molecule has 1 aliphatic carbocycles. The molecule has 1 aliphatic heterocycles. The number of halogens is 3. The lowest BCUT2D eigenvalue weighted by atomic mass is 9.78. The molecule has 4 rings (SSSR count). The van der Waals surface area contributed by atoms with E-state index >= 15 is 0 Å². The minimum absolute atomic E-state index is 0.0575. The number of fused-ring (bicyclic) bond motifs is 3. The standard InChI is InChI=1S/C20H20F3NO/c1-24-10-4-6-15-18(13-9-8-12(25)11-16(13)19(15)24)14-5-2-3-7-17(14)20(21,22)23/h2-3,5,7-9,11,15,18-19,25H,4,6,10H2,1H3. The van der Waals surface area contributed by atoms with Crippen LogP contribution in [0.3, 0.4) is 0 Å². The quantitative estimate of drug-likeness (QED) is 0.790. The minimum atomic E-state index is -4.37. The molecule has 0 saturated carbocycles. The van der Waals surface area contributed by atoms with E-state index in [2.05, 4.69) is 4.90 Å². The molecule has 0 bridgehead atoms. The smallest absolute Gasteiger partial charge is 0.416 e. The van der Waals surface area contributed by atoms with Crippen molar-refractivity contribution < 1.29 is 18.3 Å². The van der Waals surface area contributed by atoms with Crippen LogP contribution in [0.5, 0.6) is 5.75 Å². The molecule has 0 radical (unpaired) electrons. The zero-order valence-electron chi connectivity index (χ0n) is 13.9. The summed E-state index contributed by atoms with van der Waals surface area (Å²) < 4.78 is 40.8. The number of benzene rings is 2. The lowest BCUT2D eigenvalue weighted by Crippen LogP contribution is -2.35. The third-order valence-corrected chi connectivity index (χ3v) is 5.68. The average Bonchev–Trinajstić information content (AvgIpc) is 2.88. The number of phenolic OH excluding ortho intramolecular Hbond substituents is 1. The molecule has 2 aliphatic rings. The number of likely N-dealkylation sites (tertiary alicyclic amines) is 1. The van der Waals surface area contributed by atoms with Gasteiger partial charge in [0.05, 0.1) is 5.56 Å². The highest BCUT2D eigenvalue weighted by Crippen LogP contribution is 2.56. The molecule has 1 saturated heterocycles. The Morgan fingerprint density at radius 3 is 2.56 bits per heavy atom. The molecule has 2 aromatic rings. The fourth-order valence-corrected chi connectivity index (χ4v) is 4.77. The zero-order valence-corrected chi connectivity index (χ0v) is 13.9. The van der Waals surface area contributed by atoms with Gasteiger partial charge in [0.15, 0.2) is 0 Å². The summed E-state index contributed by atoms with van der Waals surface area (Å²) in [5.74, 6) is -0.0264. The van der Waals surface area contributed by atoms with Gasteiger partial charge in [-0.3, -0.25) is 4.90 Å². The molecule has 1 N–H and O–H groups in total. The van der Waals surface area contributed by atoms with Crippen LogP contribution < -0.4 is 0 Å². The number of nitrogens with zero attached hydrogens (tertiary/aromatic N) is 1. The van der Waals surface area contributed by atoms with Crippen LogP contribution in [0.25, 0.3) is 0 Å². The van der Waals surface area contributed by atoms with Crippen molar-refractivity contribution >= 4 is 0 Å². The van der Waals surface area contributed by atoms with Gasteiger partial charge >= 0.3 is 6.18 Å². The van der Waals surface area contributed by atoms with Crippen LogP contribution in [0.1, 0.15) is 47.1 Å². The third kappa shape index (κ3) is 2.61. The second kappa shape index (κ2) is 5.77. The van der Waals surface area contributed by atoms with E-state index in [1.54, 1.807) is 30.3 Å². The van der Waals surface area contributed by atoms with Gasteiger partial charge in [0.2, 0.25) is 0 Å². The van der Waals surface area contributed by atoms with Crippen LogP contribution in [-0.4, -0.2) is 23.6 Å². The summed E-state index contributed by atoms with van der Waals surface area (Å²) in [7, 11) is 2.02. The summed E-state index contributed by atoms with van der Waals surface area (Å²) in [5, 5.41) is 9.92. The Bertz CT molecular complexity index is 802. The number of piperidine rings is 1. The molecule has 3 unspecified atom stereocenters. The van der Waals surface area contributed by atoms with Gasteiger partial charge in [0.25, 0.3) is 0 Å². The maximum Gasteiger partial charge on any atom is 0.416 e. The Morgan fingerprint density at radius 1 is 1.04 bits per heavy atom. The van der Waals surface area contributed by atoms with Gasteiger partial charge in [-0.15, -0.1) is 0 Å². The van der Waals surface area contributed by atoms with Crippen molar-refractivity contribution in [1.82, 2.24) is 4.90 Å². The van der Waals surface area contributed by atoms with E-state index in [0.29, 0.717) is 5.56 Å². The molecule has 2 nitrogen and oxygen atoms in total. The highest BCUT2D eigenvalue weighted by atomic mass is 19.4. The number of rotatable bonds is 1. The molecule has 2 aromatic carbocycles. The summed E-state index contributed by atoms with van der Waals surface area (Å²) >= 11 is 0. The van der Waals surface area contributed by atoms with Crippen molar-refractivity contribution in [2.45, 2.75) is 31.0 Å². The SMILES string of the molecule is CN1CCCC2C(c3ccccc3C(F)(F)F)c3ccc(O)cc3C21. The predicted octanol–water partition coefficient (Wildman–Crippen LogP) is 4.94. The molecule has 132 valence electrons. The second-order valence-corrected chi connectivity index (χ2v) is 7.11. The van der Waals surface area contributed by atoms with Crippen LogP contribution in [0, 0.1) is 5.92 Å². The van der Waals surface area contributed by atoms with Gasteiger partial charge in [-0.05, 0) is 67.2 Å². The van der Waals surface area contributed by atoms with E-state index in [9.17, 15) is 18.3 Å². The van der Waals surface area contributed by atoms with Gasteiger partial charge in [-0.25, -0.2) is 0 Å².